The van der Waals surface area contributed by atoms with Crippen LogP contribution in [0.4, 0.5) is 0 Å². The molecule has 0 bridgehead atoms. The Morgan fingerprint density at radius 2 is 2.31 bits per heavy atom. The van der Waals surface area contributed by atoms with E-state index in [1.807, 2.05) is 6.92 Å². The van der Waals surface area contributed by atoms with Gasteiger partial charge in [-0.25, -0.2) is 9.97 Å². The Morgan fingerprint density at radius 1 is 1.54 bits per heavy atom. The van der Waals surface area contributed by atoms with E-state index in [2.05, 4.69) is 15.0 Å². The molecule has 1 amide bonds. The number of primary amides is 1. The molecular weight excluding hydrogens is 168 g/mol. The van der Waals surface area contributed by atoms with Gasteiger partial charge in [0.25, 0.3) is 5.91 Å². The molecule has 3 N–H and O–H groups in total. The molecule has 13 heavy (non-hydrogen) atoms. The number of carbonyl (C=O) groups is 1. The highest BCUT2D eigenvalue weighted by molar-refractivity contribution is 6.05. The molecule has 5 nitrogen and oxygen atoms in total. The molecule has 66 valence electrons. The Labute approximate surface area is 74.0 Å². The number of hydrogen-bond acceptors (Lipinski definition) is 3. The molecule has 0 aromatic carbocycles. The molecule has 0 unspecified atom stereocenters. The number of aromatic nitrogens is 3. The van der Waals surface area contributed by atoms with Gasteiger partial charge in [0.1, 0.15) is 12.0 Å². The number of hydrogen-bond donors (Lipinski definition) is 2. The number of carbonyl (C=O) groups excluding carboxylic acids is 1. The topological polar surface area (TPSA) is 84.7 Å². The van der Waals surface area contributed by atoms with Gasteiger partial charge in [-0.2, -0.15) is 0 Å². The number of aromatic amines is 1. The maximum Gasteiger partial charge on any atom is 0.250 e. The number of fused-ring (bicyclic) bond motifs is 1. The first kappa shape index (κ1) is 7.72. The number of rotatable bonds is 1. The van der Waals surface area contributed by atoms with E-state index in [4.69, 9.17) is 5.73 Å². The molecule has 0 fully saturated rings. The van der Waals surface area contributed by atoms with E-state index in [1.54, 1.807) is 6.20 Å². The molecule has 0 aliphatic heterocycles. The van der Waals surface area contributed by atoms with Crippen molar-refractivity contribution in [3.63, 3.8) is 0 Å². The predicted molar refractivity (Wildman–Crippen MR) is 47.1 cm³/mol. The number of H-pyrrole nitrogens is 1. The molecule has 2 aromatic heterocycles. The molecule has 0 aliphatic rings. The highest BCUT2D eigenvalue weighted by Crippen LogP contribution is 2.17. The number of nitrogens with two attached hydrogens (primary N) is 1. The van der Waals surface area contributed by atoms with Gasteiger partial charge >= 0.3 is 0 Å². The third kappa shape index (κ3) is 1.05. The maximum absolute atomic E-state index is 11.0. The normalized spacial score (nSPS) is 10.5. The van der Waals surface area contributed by atoms with Crippen LogP contribution < -0.4 is 5.73 Å². The summed E-state index contributed by atoms with van der Waals surface area (Å²) in [4.78, 5) is 21.8. The molecule has 2 aromatic rings. The van der Waals surface area contributed by atoms with Gasteiger partial charge < -0.3 is 10.7 Å². The number of nitrogens with zero attached hydrogens (tertiary/aromatic N) is 2. The Hall–Kier alpha value is -1.91. The van der Waals surface area contributed by atoms with Gasteiger partial charge in [-0.15, -0.1) is 0 Å². The van der Waals surface area contributed by atoms with Crippen LogP contribution in [0.15, 0.2) is 12.5 Å². The fourth-order valence-corrected chi connectivity index (χ4v) is 1.31. The molecule has 5 heteroatoms. The minimum Gasteiger partial charge on any atom is -0.366 e. The lowest BCUT2D eigenvalue weighted by Crippen LogP contribution is -2.10. The average molecular weight is 176 g/mol. The molecule has 0 aliphatic carbocycles. The van der Waals surface area contributed by atoms with Crippen molar-refractivity contribution in [2.24, 2.45) is 5.73 Å². The van der Waals surface area contributed by atoms with Crippen molar-refractivity contribution in [3.05, 3.63) is 23.8 Å². The van der Waals surface area contributed by atoms with Crippen LogP contribution in [0.2, 0.25) is 0 Å². The summed E-state index contributed by atoms with van der Waals surface area (Å²) in [6.45, 7) is 1.81. The Morgan fingerprint density at radius 3 is 3.00 bits per heavy atom. The third-order valence-corrected chi connectivity index (χ3v) is 1.92. The fraction of sp³-hybridized carbons (Fsp3) is 0.125. The smallest absolute Gasteiger partial charge is 0.250 e. The first-order chi connectivity index (χ1) is 6.20. The first-order valence-electron chi connectivity index (χ1n) is 3.78. The van der Waals surface area contributed by atoms with Gasteiger partial charge in [0.15, 0.2) is 0 Å². The van der Waals surface area contributed by atoms with E-state index < -0.39 is 5.91 Å². The van der Waals surface area contributed by atoms with Gasteiger partial charge in [-0.05, 0) is 6.92 Å². The number of aryl methyl sites for hydroxylation is 1. The zero-order valence-corrected chi connectivity index (χ0v) is 7.03. The molecule has 2 rings (SSSR count). The lowest BCUT2D eigenvalue weighted by atomic mass is 10.2. The standard InChI is InChI=1S/C8H8N4O/c1-4-6-5(7(9)13)2-10-8(6)12-3-11-4/h2-3H,1H3,(H2,9,13)(H,10,11,12). The van der Waals surface area contributed by atoms with Crippen LogP contribution in [0.1, 0.15) is 16.1 Å². The minimum atomic E-state index is -0.468. The molecule has 0 atom stereocenters. The summed E-state index contributed by atoms with van der Waals surface area (Å²) in [5.74, 6) is -0.468. The summed E-state index contributed by atoms with van der Waals surface area (Å²) in [5, 5.41) is 0.704. The van der Waals surface area contributed by atoms with Crippen LogP contribution in [-0.4, -0.2) is 20.9 Å². The highest BCUT2D eigenvalue weighted by Gasteiger charge is 2.11. The third-order valence-electron chi connectivity index (χ3n) is 1.92. The lowest BCUT2D eigenvalue weighted by Gasteiger charge is -1.95. The van der Waals surface area contributed by atoms with E-state index in [0.717, 1.165) is 5.69 Å². The van der Waals surface area contributed by atoms with Gasteiger partial charge in [0.2, 0.25) is 0 Å². The van der Waals surface area contributed by atoms with Crippen molar-refractivity contribution < 1.29 is 4.79 Å². The molecule has 0 radical (unpaired) electrons. The average Bonchev–Trinajstić information content (AvgIpc) is 2.49. The highest BCUT2D eigenvalue weighted by atomic mass is 16.1. The summed E-state index contributed by atoms with van der Waals surface area (Å²) in [6.07, 6.45) is 2.99. The molecule has 0 saturated heterocycles. The SMILES string of the molecule is Cc1ncnc2[nH]cc(C(N)=O)c12. The number of amides is 1. The van der Waals surface area contributed by atoms with Gasteiger partial charge in [-0.3, -0.25) is 4.79 Å². The lowest BCUT2D eigenvalue weighted by molar-refractivity contribution is 0.100. The van der Waals surface area contributed by atoms with Crippen molar-refractivity contribution >= 4 is 16.9 Å². The Bertz CT molecular complexity index is 474. The van der Waals surface area contributed by atoms with E-state index in [0.29, 0.717) is 16.6 Å². The Kier molecular flexibility index (Phi) is 1.51. The summed E-state index contributed by atoms with van der Waals surface area (Å²) in [5.41, 5.74) is 7.01. The van der Waals surface area contributed by atoms with Gasteiger partial charge in [-0.1, -0.05) is 0 Å². The summed E-state index contributed by atoms with van der Waals surface area (Å²) in [7, 11) is 0. The van der Waals surface area contributed by atoms with Crippen LogP contribution in [-0.2, 0) is 0 Å². The Balaban J connectivity index is 2.86. The largest absolute Gasteiger partial charge is 0.366 e. The predicted octanol–water partition coefficient (Wildman–Crippen LogP) is 0.365. The van der Waals surface area contributed by atoms with E-state index in [-0.39, 0.29) is 0 Å². The van der Waals surface area contributed by atoms with Crippen LogP contribution >= 0.6 is 0 Å². The quantitative estimate of drug-likeness (QED) is 0.658. The maximum atomic E-state index is 11.0. The zero-order valence-electron chi connectivity index (χ0n) is 7.03. The summed E-state index contributed by atoms with van der Waals surface area (Å²) >= 11 is 0. The van der Waals surface area contributed by atoms with Crippen molar-refractivity contribution in [1.29, 1.82) is 0 Å². The van der Waals surface area contributed by atoms with Crippen LogP contribution in [0.3, 0.4) is 0 Å². The summed E-state index contributed by atoms with van der Waals surface area (Å²) < 4.78 is 0. The monoisotopic (exact) mass is 176 g/mol. The fourth-order valence-electron chi connectivity index (χ4n) is 1.31. The first-order valence-corrected chi connectivity index (χ1v) is 3.78. The van der Waals surface area contributed by atoms with Crippen molar-refractivity contribution in [2.45, 2.75) is 6.92 Å². The summed E-state index contributed by atoms with van der Waals surface area (Å²) in [6, 6.07) is 0. The van der Waals surface area contributed by atoms with Crippen molar-refractivity contribution in [1.82, 2.24) is 15.0 Å². The molecule has 0 saturated carbocycles. The minimum absolute atomic E-state index is 0.438. The second kappa shape index (κ2) is 2.55. The van der Waals surface area contributed by atoms with Crippen LogP contribution in [0, 0.1) is 6.92 Å². The number of nitrogens with one attached hydrogen (secondary N) is 1. The molecule has 2 heterocycles. The zero-order chi connectivity index (χ0) is 9.42. The second-order valence-electron chi connectivity index (χ2n) is 2.75. The molecular formula is C8H8N4O. The van der Waals surface area contributed by atoms with E-state index >= 15 is 0 Å². The van der Waals surface area contributed by atoms with Crippen molar-refractivity contribution in [3.8, 4) is 0 Å². The van der Waals surface area contributed by atoms with Crippen LogP contribution in [0.5, 0.6) is 0 Å². The second-order valence-corrected chi connectivity index (χ2v) is 2.75. The van der Waals surface area contributed by atoms with E-state index in [1.165, 1.54) is 6.33 Å². The van der Waals surface area contributed by atoms with Gasteiger partial charge in [0.05, 0.1) is 16.6 Å². The van der Waals surface area contributed by atoms with Crippen molar-refractivity contribution in [2.75, 3.05) is 0 Å². The van der Waals surface area contributed by atoms with E-state index in [9.17, 15) is 4.79 Å². The van der Waals surface area contributed by atoms with Crippen LogP contribution in [0.25, 0.3) is 11.0 Å². The van der Waals surface area contributed by atoms with Gasteiger partial charge in [0, 0.05) is 6.20 Å². The molecule has 0 spiro atoms.